The normalized spacial score (nSPS) is 12.7. The van der Waals surface area contributed by atoms with Gasteiger partial charge in [-0.2, -0.15) is 0 Å². The number of fused-ring (bicyclic) bond motifs is 3. The molecule has 1 unspecified atom stereocenters. The summed E-state index contributed by atoms with van der Waals surface area (Å²) in [5.74, 6) is 0.166. The SMILES string of the molecule is Cl.NC(CC(O)c1cc2ccccc2c2ccccc12)=NCCc1ccc(F)cc1. The third-order valence-electron chi connectivity index (χ3n) is 5.19. The molecule has 1 atom stereocenters. The summed E-state index contributed by atoms with van der Waals surface area (Å²) in [4.78, 5) is 4.39. The number of nitrogens with two attached hydrogens (primary N) is 1. The molecule has 0 spiro atoms. The quantitative estimate of drug-likeness (QED) is 0.242. The Hall–Kier alpha value is -2.95. The molecular weight excluding hydrogens is 399 g/mol. The highest BCUT2D eigenvalue weighted by molar-refractivity contribution is 6.09. The maximum Gasteiger partial charge on any atom is 0.123 e. The zero-order chi connectivity index (χ0) is 20.2. The van der Waals surface area contributed by atoms with Gasteiger partial charge >= 0.3 is 0 Å². The van der Waals surface area contributed by atoms with Gasteiger partial charge in [-0.05, 0) is 57.3 Å². The van der Waals surface area contributed by atoms with Gasteiger partial charge in [0.1, 0.15) is 5.82 Å². The summed E-state index contributed by atoms with van der Waals surface area (Å²) in [6.45, 7) is 0.503. The Morgan fingerprint density at radius 1 is 0.900 bits per heavy atom. The number of hydrogen-bond acceptors (Lipinski definition) is 2. The van der Waals surface area contributed by atoms with E-state index in [-0.39, 0.29) is 24.6 Å². The number of amidine groups is 1. The molecule has 154 valence electrons. The van der Waals surface area contributed by atoms with E-state index in [2.05, 4.69) is 23.2 Å². The lowest BCUT2D eigenvalue weighted by atomic mass is 9.93. The van der Waals surface area contributed by atoms with E-state index in [9.17, 15) is 9.50 Å². The van der Waals surface area contributed by atoms with Crippen LogP contribution in [0, 0.1) is 5.82 Å². The Kier molecular flexibility index (Phi) is 7.03. The minimum absolute atomic E-state index is 0. The highest BCUT2D eigenvalue weighted by atomic mass is 35.5. The molecule has 5 heteroatoms. The summed E-state index contributed by atoms with van der Waals surface area (Å²) in [5.41, 5.74) is 7.95. The number of aliphatic imine (C=N–C) groups is 1. The van der Waals surface area contributed by atoms with Crippen LogP contribution in [0.5, 0.6) is 0 Å². The van der Waals surface area contributed by atoms with Gasteiger partial charge < -0.3 is 10.8 Å². The summed E-state index contributed by atoms with van der Waals surface area (Å²) < 4.78 is 13.0. The van der Waals surface area contributed by atoms with Gasteiger partial charge in [0.25, 0.3) is 0 Å². The van der Waals surface area contributed by atoms with Crippen molar-refractivity contribution in [3.63, 3.8) is 0 Å². The highest BCUT2D eigenvalue weighted by Crippen LogP contribution is 2.32. The van der Waals surface area contributed by atoms with E-state index >= 15 is 0 Å². The molecule has 0 radical (unpaired) electrons. The molecule has 0 aliphatic heterocycles. The molecule has 3 N–H and O–H groups in total. The van der Waals surface area contributed by atoms with Crippen LogP contribution in [0.25, 0.3) is 21.5 Å². The van der Waals surface area contributed by atoms with E-state index < -0.39 is 6.10 Å². The van der Waals surface area contributed by atoms with Gasteiger partial charge in [0.15, 0.2) is 0 Å². The first-order valence-corrected chi connectivity index (χ1v) is 9.73. The van der Waals surface area contributed by atoms with Crippen LogP contribution in [0.3, 0.4) is 0 Å². The van der Waals surface area contributed by atoms with Crippen molar-refractivity contribution < 1.29 is 9.50 Å². The minimum atomic E-state index is -0.737. The van der Waals surface area contributed by atoms with Crippen LogP contribution in [0.15, 0.2) is 83.9 Å². The number of hydrogen-bond donors (Lipinski definition) is 2. The Morgan fingerprint density at radius 3 is 2.27 bits per heavy atom. The van der Waals surface area contributed by atoms with E-state index in [1.54, 1.807) is 12.1 Å². The fraction of sp³-hybridized carbons (Fsp3) is 0.160. The molecule has 0 saturated heterocycles. The lowest BCUT2D eigenvalue weighted by Gasteiger charge is -2.16. The van der Waals surface area contributed by atoms with Gasteiger partial charge in [0, 0.05) is 13.0 Å². The van der Waals surface area contributed by atoms with E-state index in [4.69, 9.17) is 5.73 Å². The first-order valence-electron chi connectivity index (χ1n) is 9.73. The fourth-order valence-corrected chi connectivity index (χ4v) is 3.71. The second kappa shape index (κ2) is 9.70. The second-order valence-electron chi connectivity index (χ2n) is 7.20. The molecule has 0 aliphatic carbocycles. The predicted molar refractivity (Wildman–Crippen MR) is 125 cm³/mol. The molecule has 0 bridgehead atoms. The van der Waals surface area contributed by atoms with Gasteiger partial charge in [-0.1, -0.05) is 60.7 Å². The Morgan fingerprint density at radius 2 is 1.53 bits per heavy atom. The third-order valence-corrected chi connectivity index (χ3v) is 5.19. The molecule has 4 aromatic carbocycles. The van der Waals surface area contributed by atoms with E-state index in [1.807, 2.05) is 36.4 Å². The third kappa shape index (κ3) is 4.78. The van der Waals surface area contributed by atoms with Crippen LogP contribution in [0.1, 0.15) is 23.7 Å². The molecule has 0 fully saturated rings. The summed E-state index contributed by atoms with van der Waals surface area (Å²) in [7, 11) is 0. The number of rotatable bonds is 6. The first-order chi connectivity index (χ1) is 14.1. The number of halogens is 2. The average Bonchev–Trinajstić information content (AvgIpc) is 2.74. The number of aliphatic hydroxyl groups excluding tert-OH is 1. The Balaban J connectivity index is 0.00000256. The smallest absolute Gasteiger partial charge is 0.123 e. The molecule has 3 nitrogen and oxygen atoms in total. The van der Waals surface area contributed by atoms with Crippen LogP contribution in [0.4, 0.5) is 4.39 Å². The molecule has 4 aromatic rings. The molecule has 0 heterocycles. The minimum Gasteiger partial charge on any atom is -0.388 e. The van der Waals surface area contributed by atoms with E-state index in [0.29, 0.717) is 18.8 Å². The van der Waals surface area contributed by atoms with Gasteiger partial charge in [-0.15, -0.1) is 12.4 Å². The summed E-state index contributed by atoms with van der Waals surface area (Å²) >= 11 is 0. The number of aliphatic hydroxyl groups is 1. The summed E-state index contributed by atoms with van der Waals surface area (Å²) in [6, 6.07) is 24.7. The number of nitrogens with zero attached hydrogens (tertiary/aromatic N) is 1. The largest absolute Gasteiger partial charge is 0.388 e. The molecule has 30 heavy (non-hydrogen) atoms. The van der Waals surface area contributed by atoms with Crippen LogP contribution < -0.4 is 5.73 Å². The van der Waals surface area contributed by atoms with Crippen LogP contribution in [-0.4, -0.2) is 17.5 Å². The molecule has 4 rings (SSSR count). The zero-order valence-corrected chi connectivity index (χ0v) is 17.3. The van der Waals surface area contributed by atoms with E-state index in [1.165, 1.54) is 17.5 Å². The average molecular weight is 423 g/mol. The highest BCUT2D eigenvalue weighted by Gasteiger charge is 2.15. The summed E-state index contributed by atoms with van der Waals surface area (Å²) in [6.07, 6.45) is 0.209. The maximum atomic E-state index is 13.0. The standard InChI is InChI=1S/C25H23FN2O.ClH/c26-19-11-9-17(10-12-19)13-14-28-25(27)16-24(29)23-15-18-5-1-2-6-20(18)21-7-3-4-8-22(21)23;/h1-12,15,24,29H,13-14,16H2,(H2,27,28);1H. The van der Waals surface area contributed by atoms with Crippen molar-refractivity contribution in [1.82, 2.24) is 0 Å². The van der Waals surface area contributed by atoms with Crippen LogP contribution in [0.2, 0.25) is 0 Å². The lowest BCUT2D eigenvalue weighted by Crippen LogP contribution is -2.17. The monoisotopic (exact) mass is 422 g/mol. The van der Waals surface area contributed by atoms with Crippen molar-refractivity contribution in [3.05, 3.63) is 95.8 Å². The Labute approximate surface area is 181 Å². The van der Waals surface area contributed by atoms with Gasteiger partial charge in [0.2, 0.25) is 0 Å². The topological polar surface area (TPSA) is 58.6 Å². The fourth-order valence-electron chi connectivity index (χ4n) is 3.71. The zero-order valence-electron chi connectivity index (χ0n) is 16.5. The lowest BCUT2D eigenvalue weighted by molar-refractivity contribution is 0.187. The second-order valence-corrected chi connectivity index (χ2v) is 7.20. The van der Waals surface area contributed by atoms with Crippen molar-refractivity contribution in [2.24, 2.45) is 10.7 Å². The number of benzene rings is 4. The first kappa shape index (κ1) is 21.8. The molecule has 0 aromatic heterocycles. The van der Waals surface area contributed by atoms with E-state index in [0.717, 1.165) is 27.3 Å². The van der Waals surface area contributed by atoms with Gasteiger partial charge in [-0.3, -0.25) is 4.99 Å². The molecular formula is C25H24ClFN2O. The van der Waals surface area contributed by atoms with Gasteiger partial charge in [0.05, 0.1) is 11.9 Å². The molecule has 0 aliphatic rings. The van der Waals surface area contributed by atoms with Crippen molar-refractivity contribution in [2.45, 2.75) is 18.9 Å². The van der Waals surface area contributed by atoms with Crippen LogP contribution in [-0.2, 0) is 6.42 Å². The Bertz CT molecular complexity index is 1170. The van der Waals surface area contributed by atoms with Gasteiger partial charge in [-0.25, -0.2) is 4.39 Å². The maximum absolute atomic E-state index is 13.0. The predicted octanol–water partition coefficient (Wildman–Crippen LogP) is 5.58. The molecule has 0 saturated carbocycles. The van der Waals surface area contributed by atoms with Crippen molar-refractivity contribution in [2.75, 3.05) is 6.54 Å². The van der Waals surface area contributed by atoms with Crippen molar-refractivity contribution in [3.8, 4) is 0 Å². The summed E-state index contributed by atoms with van der Waals surface area (Å²) in [5, 5.41) is 15.3. The molecule has 0 amide bonds. The van der Waals surface area contributed by atoms with Crippen molar-refractivity contribution >= 4 is 39.8 Å². The van der Waals surface area contributed by atoms with Crippen LogP contribution >= 0.6 is 12.4 Å². The van der Waals surface area contributed by atoms with Crippen molar-refractivity contribution in [1.29, 1.82) is 0 Å².